The van der Waals surface area contributed by atoms with Gasteiger partial charge in [0, 0.05) is 44.0 Å². The second-order valence-electron chi connectivity index (χ2n) is 8.36. The van der Waals surface area contributed by atoms with Crippen LogP contribution < -0.4 is 0 Å². The molecule has 0 spiro atoms. The molecule has 0 bridgehead atoms. The molecule has 0 saturated heterocycles. The third-order valence-electron chi connectivity index (χ3n) is 5.91. The van der Waals surface area contributed by atoms with Crippen molar-refractivity contribution in [3.8, 4) is 23.0 Å². The van der Waals surface area contributed by atoms with Crippen molar-refractivity contribution in [3.05, 3.63) is 83.1 Å². The lowest BCUT2D eigenvalue weighted by Gasteiger charge is -2.23. The fourth-order valence-corrected chi connectivity index (χ4v) is 4.68. The van der Waals surface area contributed by atoms with Crippen LogP contribution in [0.25, 0.3) is 23.0 Å². The molecule has 0 radical (unpaired) electrons. The molecular formula is C26H23N5O4S. The SMILES string of the molecule is CC1=C(C#N)C(=O)N(C)C(=O)/C1=C/c1cn(-c2ccccc2)nc1-c1ccc(S(=O)(=O)N(C)C)cc1. The highest BCUT2D eigenvalue weighted by Crippen LogP contribution is 2.31. The number of rotatable bonds is 5. The third kappa shape index (κ3) is 4.26. The van der Waals surface area contributed by atoms with Gasteiger partial charge in [-0.05, 0) is 42.8 Å². The number of amides is 2. The van der Waals surface area contributed by atoms with Gasteiger partial charge in [0.25, 0.3) is 11.8 Å². The zero-order chi connectivity index (χ0) is 26.2. The van der Waals surface area contributed by atoms with Crippen LogP contribution in [0, 0.1) is 11.3 Å². The maximum atomic E-state index is 13.0. The van der Waals surface area contributed by atoms with Crippen LogP contribution in [0.2, 0.25) is 0 Å². The molecule has 4 rings (SSSR count). The Morgan fingerprint density at radius 1 is 1.00 bits per heavy atom. The highest BCUT2D eigenvalue weighted by Gasteiger charge is 2.33. The van der Waals surface area contributed by atoms with Crippen LogP contribution in [0.5, 0.6) is 0 Å². The Morgan fingerprint density at radius 3 is 2.22 bits per heavy atom. The van der Waals surface area contributed by atoms with Gasteiger partial charge in [0.1, 0.15) is 11.6 Å². The van der Waals surface area contributed by atoms with Gasteiger partial charge in [0.05, 0.1) is 16.3 Å². The lowest BCUT2D eigenvalue weighted by Crippen LogP contribution is -2.39. The zero-order valence-electron chi connectivity index (χ0n) is 20.1. The first-order valence-corrected chi connectivity index (χ1v) is 12.3. The number of hydrogen-bond donors (Lipinski definition) is 0. The van der Waals surface area contributed by atoms with Crippen molar-refractivity contribution in [1.29, 1.82) is 5.26 Å². The van der Waals surface area contributed by atoms with E-state index in [1.54, 1.807) is 36.0 Å². The van der Waals surface area contributed by atoms with E-state index >= 15 is 0 Å². The van der Waals surface area contributed by atoms with Gasteiger partial charge < -0.3 is 0 Å². The predicted molar refractivity (Wildman–Crippen MR) is 134 cm³/mol. The van der Waals surface area contributed by atoms with Crippen molar-refractivity contribution in [2.45, 2.75) is 11.8 Å². The summed E-state index contributed by atoms with van der Waals surface area (Å²) < 4.78 is 27.8. The molecule has 9 nitrogen and oxygen atoms in total. The Kier molecular flexibility index (Phi) is 6.45. The molecule has 2 aromatic carbocycles. The zero-order valence-corrected chi connectivity index (χ0v) is 20.9. The summed E-state index contributed by atoms with van der Waals surface area (Å²) in [5.41, 5.74) is 2.86. The quantitative estimate of drug-likeness (QED) is 0.392. The van der Waals surface area contributed by atoms with E-state index in [-0.39, 0.29) is 21.6 Å². The number of nitriles is 1. The molecule has 1 aliphatic rings. The first-order valence-electron chi connectivity index (χ1n) is 10.9. The van der Waals surface area contributed by atoms with Gasteiger partial charge >= 0.3 is 0 Å². The molecule has 0 fully saturated rings. The minimum atomic E-state index is -3.60. The Balaban J connectivity index is 1.91. The number of hydrogen-bond acceptors (Lipinski definition) is 6. The van der Waals surface area contributed by atoms with Crippen LogP contribution in [0.3, 0.4) is 0 Å². The van der Waals surface area contributed by atoms with Crippen LogP contribution >= 0.6 is 0 Å². The number of sulfonamides is 1. The van der Waals surface area contributed by atoms with Crippen molar-refractivity contribution in [2.24, 2.45) is 0 Å². The number of aromatic nitrogens is 2. The smallest absolute Gasteiger partial charge is 0.271 e. The van der Waals surface area contributed by atoms with Gasteiger partial charge in [-0.25, -0.2) is 17.4 Å². The average Bonchev–Trinajstić information content (AvgIpc) is 3.30. The van der Waals surface area contributed by atoms with Crippen molar-refractivity contribution >= 4 is 27.9 Å². The molecule has 2 heterocycles. The summed E-state index contributed by atoms with van der Waals surface area (Å²) in [6.45, 7) is 1.56. The number of carbonyl (C=O) groups excluding carboxylic acids is 2. The normalized spacial score (nSPS) is 15.7. The first kappa shape index (κ1) is 24.8. The number of imide groups is 1. The van der Waals surface area contributed by atoms with E-state index in [9.17, 15) is 23.3 Å². The summed E-state index contributed by atoms with van der Waals surface area (Å²) in [7, 11) is 0.653. The molecule has 3 aromatic rings. The maximum Gasteiger partial charge on any atom is 0.271 e. The van der Waals surface area contributed by atoms with Crippen molar-refractivity contribution in [2.75, 3.05) is 21.1 Å². The Hall–Kier alpha value is -4.33. The molecular weight excluding hydrogens is 478 g/mol. The predicted octanol–water partition coefficient (Wildman–Crippen LogP) is 3.01. The van der Waals surface area contributed by atoms with Gasteiger partial charge in [-0.3, -0.25) is 14.5 Å². The van der Waals surface area contributed by atoms with Crippen LogP contribution in [0.1, 0.15) is 12.5 Å². The largest absolute Gasteiger partial charge is 0.277 e. The standard InChI is InChI=1S/C26H23N5O4S/c1-17-22(25(32)30(4)26(33)23(17)15-27)14-19-16-31(20-8-6-5-7-9-20)28-24(19)18-10-12-21(13-11-18)36(34,35)29(2)3/h5-14,16H,1-4H3/b22-14+. The Bertz CT molecular complexity index is 1580. The molecule has 0 saturated carbocycles. The topological polar surface area (TPSA) is 116 Å². The summed E-state index contributed by atoms with van der Waals surface area (Å²) >= 11 is 0. The lowest BCUT2D eigenvalue weighted by molar-refractivity contribution is -0.138. The van der Waals surface area contributed by atoms with E-state index in [1.165, 1.54) is 33.3 Å². The maximum absolute atomic E-state index is 13.0. The average molecular weight is 502 g/mol. The van der Waals surface area contributed by atoms with Gasteiger partial charge in [0.2, 0.25) is 10.0 Å². The monoisotopic (exact) mass is 501 g/mol. The number of para-hydroxylation sites is 1. The molecule has 0 N–H and O–H groups in total. The van der Waals surface area contributed by atoms with E-state index in [4.69, 9.17) is 5.10 Å². The Labute approximate surface area is 209 Å². The highest BCUT2D eigenvalue weighted by molar-refractivity contribution is 7.89. The molecule has 1 aliphatic heterocycles. The lowest BCUT2D eigenvalue weighted by atomic mass is 9.93. The summed E-state index contributed by atoms with van der Waals surface area (Å²) in [6.07, 6.45) is 3.34. The second kappa shape index (κ2) is 9.37. The van der Waals surface area contributed by atoms with Crippen molar-refractivity contribution in [1.82, 2.24) is 19.0 Å². The van der Waals surface area contributed by atoms with Crippen molar-refractivity contribution in [3.63, 3.8) is 0 Å². The van der Waals surface area contributed by atoms with E-state index in [2.05, 4.69) is 0 Å². The number of benzene rings is 2. The van der Waals surface area contributed by atoms with E-state index in [0.29, 0.717) is 16.8 Å². The molecule has 2 amide bonds. The minimum absolute atomic E-state index is 0.0985. The summed E-state index contributed by atoms with van der Waals surface area (Å²) in [4.78, 5) is 26.3. The van der Waals surface area contributed by atoms with Crippen molar-refractivity contribution < 1.29 is 18.0 Å². The van der Waals surface area contributed by atoms with Gasteiger partial charge in [0.15, 0.2) is 0 Å². The summed E-state index contributed by atoms with van der Waals surface area (Å²) in [5.74, 6) is -1.17. The van der Waals surface area contributed by atoms with E-state index in [1.807, 2.05) is 36.4 Å². The van der Waals surface area contributed by atoms with Gasteiger partial charge in [-0.15, -0.1) is 0 Å². The van der Waals surface area contributed by atoms with E-state index < -0.39 is 21.8 Å². The van der Waals surface area contributed by atoms with Gasteiger partial charge in [-0.2, -0.15) is 10.4 Å². The summed E-state index contributed by atoms with van der Waals surface area (Å²) in [6, 6.07) is 17.6. The fourth-order valence-electron chi connectivity index (χ4n) is 3.78. The molecule has 1 aromatic heterocycles. The number of likely N-dealkylation sites (N-methyl/N-ethyl adjacent to an activating group) is 1. The molecule has 10 heteroatoms. The van der Waals surface area contributed by atoms with Crippen LogP contribution in [-0.2, 0) is 19.6 Å². The first-order chi connectivity index (χ1) is 17.1. The number of carbonyl (C=O) groups is 2. The number of nitrogens with zero attached hydrogens (tertiary/aromatic N) is 5. The third-order valence-corrected chi connectivity index (χ3v) is 7.74. The van der Waals surface area contributed by atoms with Gasteiger partial charge in [-0.1, -0.05) is 30.3 Å². The van der Waals surface area contributed by atoms with E-state index in [0.717, 1.165) is 14.9 Å². The molecule has 182 valence electrons. The molecule has 36 heavy (non-hydrogen) atoms. The summed E-state index contributed by atoms with van der Waals surface area (Å²) in [5, 5.41) is 14.2. The second-order valence-corrected chi connectivity index (χ2v) is 10.5. The minimum Gasteiger partial charge on any atom is -0.277 e. The Morgan fingerprint density at radius 2 is 1.64 bits per heavy atom. The fraction of sp³-hybridized carbons (Fsp3) is 0.154. The van der Waals surface area contributed by atoms with Crippen LogP contribution in [0.15, 0.2) is 82.4 Å². The molecule has 0 unspecified atom stereocenters. The molecule has 0 aliphatic carbocycles. The van der Waals surface area contributed by atoms with Crippen LogP contribution in [0.4, 0.5) is 0 Å². The highest BCUT2D eigenvalue weighted by atomic mass is 32.2. The van der Waals surface area contributed by atoms with Crippen LogP contribution in [-0.4, -0.2) is 60.4 Å². The molecule has 0 atom stereocenters.